The fourth-order valence-electron chi connectivity index (χ4n) is 0.961. The summed E-state index contributed by atoms with van der Waals surface area (Å²) in [6.07, 6.45) is 4.41. The number of carbonyl (C=O) groups is 1. The summed E-state index contributed by atoms with van der Waals surface area (Å²) in [5.74, 6) is -0.384. The molecule has 5 nitrogen and oxygen atoms in total. The molecule has 0 unspecified atom stereocenters. The minimum Gasteiger partial charge on any atom is -0.383 e. The molecule has 0 radical (unpaired) electrons. The topological polar surface area (TPSA) is 55.2 Å². The van der Waals surface area contributed by atoms with Crippen molar-refractivity contribution in [2.75, 3.05) is 14.1 Å². The zero-order valence-corrected chi connectivity index (χ0v) is 8.97. The van der Waals surface area contributed by atoms with Crippen molar-refractivity contribution in [3.8, 4) is 0 Å². The van der Waals surface area contributed by atoms with Gasteiger partial charge in [0.2, 0.25) is 11.2 Å². The van der Waals surface area contributed by atoms with E-state index in [4.69, 9.17) is 0 Å². The number of rotatable bonds is 3. The van der Waals surface area contributed by atoms with Gasteiger partial charge >= 0.3 is 0 Å². The van der Waals surface area contributed by atoms with Crippen LogP contribution in [-0.2, 0) is 7.05 Å². The van der Waals surface area contributed by atoms with Crippen LogP contribution in [0.5, 0.6) is 0 Å². The highest BCUT2D eigenvalue weighted by molar-refractivity contribution is 6.02. The number of carbonyl (C=O) groups excluding carboxylic acids is 1. The summed E-state index contributed by atoms with van der Waals surface area (Å²) in [5, 5.41) is 3.84. The molecule has 0 amide bonds. The highest BCUT2D eigenvalue weighted by Crippen LogP contribution is 1.90. The molecule has 1 aromatic rings. The van der Waals surface area contributed by atoms with Crippen molar-refractivity contribution in [3.63, 3.8) is 0 Å². The Morgan fingerprint density at radius 2 is 2.20 bits per heavy atom. The van der Waals surface area contributed by atoms with E-state index < -0.39 is 0 Å². The Morgan fingerprint density at radius 3 is 2.80 bits per heavy atom. The van der Waals surface area contributed by atoms with E-state index in [0.717, 1.165) is 0 Å². The summed E-state index contributed by atoms with van der Waals surface area (Å²) in [5.41, 5.74) is -0.417. The lowest BCUT2D eigenvalue weighted by Gasteiger charge is -2.02. The van der Waals surface area contributed by atoms with Gasteiger partial charge in [0.05, 0.1) is 0 Å². The molecule has 0 saturated heterocycles. The molecule has 0 spiro atoms. The summed E-state index contributed by atoms with van der Waals surface area (Å²) in [7, 11) is 5.24. The highest BCUT2D eigenvalue weighted by atomic mass is 16.1. The van der Waals surface area contributed by atoms with Gasteiger partial charge in [-0.1, -0.05) is 0 Å². The van der Waals surface area contributed by atoms with E-state index in [0.29, 0.717) is 0 Å². The second-order valence-corrected chi connectivity index (χ2v) is 3.35. The average Bonchev–Trinajstić information content (AvgIpc) is 2.18. The van der Waals surface area contributed by atoms with Gasteiger partial charge in [-0.3, -0.25) is 14.3 Å². The third-order valence-corrected chi connectivity index (χ3v) is 1.69. The first-order valence-electron chi connectivity index (χ1n) is 4.43. The third-order valence-electron chi connectivity index (χ3n) is 1.69. The van der Waals surface area contributed by atoms with E-state index in [1.54, 1.807) is 32.2 Å². The summed E-state index contributed by atoms with van der Waals surface area (Å²) >= 11 is 0. The number of hydrogen-bond acceptors (Lipinski definition) is 4. The molecule has 1 heterocycles. The number of hydrogen-bond donors (Lipinski definition) is 0. The first-order chi connectivity index (χ1) is 7.00. The Morgan fingerprint density at radius 1 is 1.53 bits per heavy atom. The van der Waals surface area contributed by atoms with E-state index in [1.165, 1.54) is 23.0 Å². The van der Waals surface area contributed by atoms with E-state index >= 15 is 0 Å². The van der Waals surface area contributed by atoms with Crippen LogP contribution in [-0.4, -0.2) is 34.6 Å². The summed E-state index contributed by atoms with van der Waals surface area (Å²) in [6, 6.07) is 1.32. The largest absolute Gasteiger partial charge is 0.383 e. The van der Waals surface area contributed by atoms with Crippen LogP contribution < -0.4 is 5.43 Å². The lowest BCUT2D eigenvalue weighted by molar-refractivity contribution is 0.103. The molecule has 0 aromatic carbocycles. The van der Waals surface area contributed by atoms with Gasteiger partial charge in [0.25, 0.3) is 0 Å². The number of allylic oxidation sites excluding steroid dienone is 1. The van der Waals surface area contributed by atoms with Crippen LogP contribution in [0.15, 0.2) is 29.3 Å². The molecule has 15 heavy (non-hydrogen) atoms. The summed E-state index contributed by atoms with van der Waals surface area (Å²) < 4.78 is 1.43. The van der Waals surface area contributed by atoms with Crippen molar-refractivity contribution in [2.45, 2.75) is 0 Å². The predicted molar refractivity (Wildman–Crippen MR) is 56.6 cm³/mol. The molecule has 0 bridgehead atoms. The Labute approximate surface area is 87.6 Å². The molecule has 0 saturated carbocycles. The molecular formula is C10H13N3O2. The SMILES string of the molecule is CN(C)/C=C/C(=O)c1nn(C)ccc1=O. The average molecular weight is 207 g/mol. The zero-order valence-electron chi connectivity index (χ0n) is 8.97. The quantitative estimate of drug-likeness (QED) is 0.518. The van der Waals surface area contributed by atoms with Crippen LogP contribution in [0.25, 0.3) is 0 Å². The lowest BCUT2D eigenvalue weighted by Crippen LogP contribution is -2.19. The molecule has 80 valence electrons. The fourth-order valence-corrected chi connectivity index (χ4v) is 0.961. The van der Waals surface area contributed by atoms with Crippen molar-refractivity contribution in [3.05, 3.63) is 40.5 Å². The van der Waals surface area contributed by atoms with Gasteiger partial charge < -0.3 is 4.90 Å². The van der Waals surface area contributed by atoms with Crippen LogP contribution in [0.1, 0.15) is 10.5 Å². The molecule has 0 N–H and O–H groups in total. The minimum atomic E-state index is -0.384. The Hall–Kier alpha value is -1.91. The van der Waals surface area contributed by atoms with Crippen LogP contribution in [0.4, 0.5) is 0 Å². The Kier molecular flexibility index (Phi) is 3.38. The van der Waals surface area contributed by atoms with Crippen molar-refractivity contribution < 1.29 is 4.79 Å². The van der Waals surface area contributed by atoms with Gasteiger partial charge in [-0.05, 0) is 0 Å². The normalized spacial score (nSPS) is 10.6. The monoisotopic (exact) mass is 207 g/mol. The van der Waals surface area contributed by atoms with Gasteiger partial charge in [-0.2, -0.15) is 5.10 Å². The van der Waals surface area contributed by atoms with Crippen LogP contribution >= 0.6 is 0 Å². The molecular weight excluding hydrogens is 194 g/mol. The Balaban J connectivity index is 3.01. The molecule has 0 aliphatic heterocycles. The number of aryl methyl sites for hydroxylation is 1. The van der Waals surface area contributed by atoms with Crippen molar-refractivity contribution in [1.29, 1.82) is 0 Å². The van der Waals surface area contributed by atoms with Gasteiger partial charge in [-0.15, -0.1) is 0 Å². The molecule has 0 atom stereocenters. The van der Waals surface area contributed by atoms with Gasteiger partial charge in [-0.25, -0.2) is 0 Å². The molecule has 1 rings (SSSR count). The van der Waals surface area contributed by atoms with Crippen molar-refractivity contribution in [2.24, 2.45) is 7.05 Å². The second-order valence-electron chi connectivity index (χ2n) is 3.35. The number of ketones is 1. The van der Waals surface area contributed by atoms with Crippen molar-refractivity contribution in [1.82, 2.24) is 14.7 Å². The van der Waals surface area contributed by atoms with E-state index in [2.05, 4.69) is 5.10 Å². The van der Waals surface area contributed by atoms with Gasteiger partial charge in [0.15, 0.2) is 5.69 Å². The van der Waals surface area contributed by atoms with Gasteiger partial charge in [0, 0.05) is 45.7 Å². The van der Waals surface area contributed by atoms with Crippen LogP contribution in [0, 0.1) is 0 Å². The van der Waals surface area contributed by atoms with Crippen LogP contribution in [0.3, 0.4) is 0 Å². The smallest absolute Gasteiger partial charge is 0.211 e. The number of aromatic nitrogens is 2. The number of nitrogens with zero attached hydrogens (tertiary/aromatic N) is 3. The van der Waals surface area contributed by atoms with Gasteiger partial charge in [0.1, 0.15) is 0 Å². The van der Waals surface area contributed by atoms with E-state index in [1.807, 2.05) is 0 Å². The summed E-state index contributed by atoms with van der Waals surface area (Å²) in [6.45, 7) is 0. The van der Waals surface area contributed by atoms with E-state index in [-0.39, 0.29) is 16.9 Å². The highest BCUT2D eigenvalue weighted by Gasteiger charge is 2.08. The maximum atomic E-state index is 11.5. The predicted octanol–water partition coefficient (Wildman–Crippen LogP) is 0.0383. The second kappa shape index (κ2) is 4.54. The first-order valence-corrected chi connectivity index (χ1v) is 4.43. The minimum absolute atomic E-state index is 0.0573. The fraction of sp³-hybridized carbons (Fsp3) is 0.300. The zero-order chi connectivity index (χ0) is 11.4. The molecule has 0 aliphatic rings. The molecule has 0 fully saturated rings. The summed E-state index contributed by atoms with van der Waals surface area (Å²) in [4.78, 5) is 24.6. The molecule has 0 aliphatic carbocycles. The standard InChI is InChI=1S/C10H13N3O2/c1-12(2)6-4-8(14)10-9(15)5-7-13(3)11-10/h4-7H,1-3H3/b6-4+. The maximum absolute atomic E-state index is 11.5. The first kappa shape index (κ1) is 11.2. The van der Waals surface area contributed by atoms with E-state index in [9.17, 15) is 9.59 Å². The molecule has 1 aromatic heterocycles. The van der Waals surface area contributed by atoms with Crippen LogP contribution in [0.2, 0.25) is 0 Å². The Bertz CT molecular complexity index is 446. The lowest BCUT2D eigenvalue weighted by atomic mass is 10.2. The third kappa shape index (κ3) is 3.05. The molecule has 5 heteroatoms. The van der Waals surface area contributed by atoms with Crippen molar-refractivity contribution >= 4 is 5.78 Å². The maximum Gasteiger partial charge on any atom is 0.211 e.